The second-order valence-corrected chi connectivity index (χ2v) is 6.75. The van der Waals surface area contributed by atoms with E-state index in [1.807, 2.05) is 0 Å². The molecule has 0 atom stereocenters. The fourth-order valence-corrected chi connectivity index (χ4v) is 3.26. The van der Waals surface area contributed by atoms with Crippen molar-refractivity contribution >= 4 is 17.5 Å². The summed E-state index contributed by atoms with van der Waals surface area (Å²) < 4.78 is 50.1. The van der Waals surface area contributed by atoms with Gasteiger partial charge in [-0.1, -0.05) is 6.07 Å². The Morgan fingerprint density at radius 2 is 1.90 bits per heavy atom. The van der Waals surface area contributed by atoms with Gasteiger partial charge in [-0.2, -0.15) is 13.2 Å². The third-order valence-electron chi connectivity index (χ3n) is 4.85. The maximum Gasteiger partial charge on any atom is 0.416 e. The molecular formula is C21H21F3N2O4. The van der Waals surface area contributed by atoms with E-state index in [2.05, 4.69) is 0 Å². The van der Waals surface area contributed by atoms with Crippen LogP contribution in [0.2, 0.25) is 0 Å². The smallest absolute Gasteiger partial charge is 0.416 e. The van der Waals surface area contributed by atoms with Gasteiger partial charge in [0.25, 0.3) is 5.91 Å². The molecule has 2 aromatic carbocycles. The minimum Gasteiger partial charge on any atom is -0.497 e. The number of ether oxygens (including phenoxy) is 2. The monoisotopic (exact) mass is 422 g/mol. The van der Waals surface area contributed by atoms with Crippen molar-refractivity contribution in [2.75, 3.05) is 32.3 Å². The Bertz CT molecular complexity index is 946. The summed E-state index contributed by atoms with van der Waals surface area (Å²) in [5, 5.41) is 0. The lowest BCUT2D eigenvalue weighted by molar-refractivity contribution is -0.137. The number of likely N-dealkylation sites (tertiary alicyclic amines) is 1. The molecule has 0 aromatic heterocycles. The van der Waals surface area contributed by atoms with E-state index < -0.39 is 17.6 Å². The molecule has 1 aliphatic heterocycles. The molecule has 160 valence electrons. The predicted molar refractivity (Wildman–Crippen MR) is 104 cm³/mol. The summed E-state index contributed by atoms with van der Waals surface area (Å²) in [5.74, 6) is -0.0668. The Kier molecular flexibility index (Phi) is 6.19. The summed E-state index contributed by atoms with van der Waals surface area (Å²) in [6.45, 7) is 0.273. The molecule has 0 aliphatic carbocycles. The Labute approximate surface area is 171 Å². The molecule has 0 N–H and O–H groups in total. The van der Waals surface area contributed by atoms with Crippen LogP contribution in [0.5, 0.6) is 11.5 Å². The van der Waals surface area contributed by atoms with Gasteiger partial charge in [-0.3, -0.25) is 14.5 Å². The van der Waals surface area contributed by atoms with E-state index in [0.717, 1.165) is 17.0 Å². The van der Waals surface area contributed by atoms with Crippen molar-refractivity contribution in [1.82, 2.24) is 4.90 Å². The van der Waals surface area contributed by atoms with Gasteiger partial charge in [-0.25, -0.2) is 0 Å². The van der Waals surface area contributed by atoms with Gasteiger partial charge >= 0.3 is 6.18 Å². The van der Waals surface area contributed by atoms with Crippen molar-refractivity contribution in [2.45, 2.75) is 19.0 Å². The highest BCUT2D eigenvalue weighted by Gasteiger charge is 2.33. The molecule has 1 aliphatic rings. The van der Waals surface area contributed by atoms with Crippen LogP contribution < -0.4 is 14.4 Å². The highest BCUT2D eigenvalue weighted by molar-refractivity contribution is 6.08. The molecule has 0 unspecified atom stereocenters. The lowest BCUT2D eigenvalue weighted by Gasteiger charge is -2.29. The maximum atomic E-state index is 13.4. The largest absolute Gasteiger partial charge is 0.497 e. The zero-order valence-electron chi connectivity index (χ0n) is 16.5. The van der Waals surface area contributed by atoms with Crippen molar-refractivity contribution in [2.24, 2.45) is 0 Å². The Morgan fingerprint density at radius 3 is 2.50 bits per heavy atom. The molecule has 2 aromatic rings. The molecule has 0 radical (unpaired) electrons. The molecule has 3 rings (SSSR count). The van der Waals surface area contributed by atoms with Crippen LogP contribution in [0.3, 0.4) is 0 Å². The van der Waals surface area contributed by atoms with Gasteiger partial charge in [0.15, 0.2) is 0 Å². The molecule has 1 heterocycles. The lowest BCUT2D eigenvalue weighted by Crippen LogP contribution is -2.42. The molecule has 0 spiro atoms. The van der Waals surface area contributed by atoms with Crippen LogP contribution in [0, 0.1) is 0 Å². The third-order valence-corrected chi connectivity index (χ3v) is 4.85. The van der Waals surface area contributed by atoms with Crippen molar-refractivity contribution in [1.29, 1.82) is 0 Å². The summed E-state index contributed by atoms with van der Waals surface area (Å²) in [7, 11) is 2.84. The number of alkyl halides is 3. The number of rotatable bonds is 6. The zero-order valence-corrected chi connectivity index (χ0v) is 16.5. The van der Waals surface area contributed by atoms with E-state index in [-0.39, 0.29) is 29.6 Å². The first-order valence-corrected chi connectivity index (χ1v) is 9.23. The zero-order chi connectivity index (χ0) is 21.9. The number of hydrogen-bond donors (Lipinski definition) is 0. The first kappa shape index (κ1) is 21.5. The molecule has 6 nitrogen and oxygen atoms in total. The first-order valence-electron chi connectivity index (χ1n) is 9.23. The highest BCUT2D eigenvalue weighted by atomic mass is 19.4. The second kappa shape index (κ2) is 8.64. The summed E-state index contributed by atoms with van der Waals surface area (Å²) in [4.78, 5) is 28.1. The maximum absolute atomic E-state index is 13.4. The number of benzene rings is 2. The van der Waals surface area contributed by atoms with Crippen molar-refractivity contribution in [3.63, 3.8) is 0 Å². The van der Waals surface area contributed by atoms with Crippen LogP contribution >= 0.6 is 0 Å². The van der Waals surface area contributed by atoms with Crippen LogP contribution in [-0.4, -0.2) is 44.1 Å². The number of methoxy groups -OCH3 is 2. The van der Waals surface area contributed by atoms with Crippen LogP contribution in [0.15, 0.2) is 42.5 Å². The predicted octanol–water partition coefficient (Wildman–Crippen LogP) is 3.95. The minimum absolute atomic E-state index is 0.0346. The number of nitrogens with zero attached hydrogens (tertiary/aromatic N) is 2. The number of carbonyl (C=O) groups excluding carboxylic acids is 2. The van der Waals surface area contributed by atoms with Crippen molar-refractivity contribution in [3.05, 3.63) is 53.6 Å². The van der Waals surface area contributed by atoms with Crippen molar-refractivity contribution < 1.29 is 32.2 Å². The fraction of sp³-hybridized carbons (Fsp3) is 0.333. The van der Waals surface area contributed by atoms with Gasteiger partial charge < -0.3 is 14.4 Å². The molecule has 1 saturated heterocycles. The van der Waals surface area contributed by atoms with Gasteiger partial charge in [-0.05, 0) is 36.8 Å². The van der Waals surface area contributed by atoms with Gasteiger partial charge in [0.2, 0.25) is 5.91 Å². The van der Waals surface area contributed by atoms with Crippen LogP contribution in [0.1, 0.15) is 28.8 Å². The van der Waals surface area contributed by atoms with Gasteiger partial charge in [0.05, 0.1) is 25.3 Å². The SMILES string of the molecule is COc1ccc(C(=O)N(CN2CCCC2=O)c2cccc(C(F)(F)F)c2)c(OC)c1. The van der Waals surface area contributed by atoms with Gasteiger partial charge in [0.1, 0.15) is 18.2 Å². The fourth-order valence-electron chi connectivity index (χ4n) is 3.26. The molecule has 0 saturated carbocycles. The minimum atomic E-state index is -4.56. The lowest BCUT2D eigenvalue weighted by atomic mass is 10.1. The Balaban J connectivity index is 2.04. The average Bonchev–Trinajstić information content (AvgIpc) is 3.14. The van der Waals surface area contributed by atoms with E-state index in [0.29, 0.717) is 25.1 Å². The average molecular weight is 422 g/mol. The number of carbonyl (C=O) groups is 2. The van der Waals surface area contributed by atoms with Crippen LogP contribution in [0.25, 0.3) is 0 Å². The van der Waals surface area contributed by atoms with Gasteiger partial charge in [0, 0.05) is 24.7 Å². The third kappa shape index (κ3) is 4.50. The second-order valence-electron chi connectivity index (χ2n) is 6.75. The summed E-state index contributed by atoms with van der Waals surface area (Å²) in [6, 6.07) is 9.01. The Morgan fingerprint density at radius 1 is 1.13 bits per heavy atom. The van der Waals surface area contributed by atoms with Crippen LogP contribution in [-0.2, 0) is 11.0 Å². The van der Waals surface area contributed by atoms with E-state index in [1.165, 1.54) is 43.4 Å². The molecule has 0 bridgehead atoms. The number of amides is 2. The highest BCUT2D eigenvalue weighted by Crippen LogP contribution is 2.33. The van der Waals surface area contributed by atoms with E-state index in [1.54, 1.807) is 6.07 Å². The van der Waals surface area contributed by atoms with Gasteiger partial charge in [-0.15, -0.1) is 0 Å². The first-order chi connectivity index (χ1) is 14.2. The standard InChI is InChI=1S/C21H21F3N2O4/c1-29-16-8-9-17(18(12-16)30-2)20(28)26(13-25-10-4-7-19(25)27)15-6-3-5-14(11-15)21(22,23)24/h3,5-6,8-9,11-12H,4,7,10,13H2,1-2H3. The molecule has 2 amide bonds. The molecular weight excluding hydrogens is 401 g/mol. The molecule has 1 fully saturated rings. The van der Waals surface area contributed by atoms with Crippen LogP contribution in [0.4, 0.5) is 18.9 Å². The normalized spacial score (nSPS) is 14.0. The van der Waals surface area contributed by atoms with E-state index >= 15 is 0 Å². The quantitative estimate of drug-likeness (QED) is 0.708. The van der Waals surface area contributed by atoms with E-state index in [9.17, 15) is 22.8 Å². The molecule has 30 heavy (non-hydrogen) atoms. The number of hydrogen-bond acceptors (Lipinski definition) is 4. The summed E-state index contributed by atoms with van der Waals surface area (Å²) in [6.07, 6.45) is -3.59. The summed E-state index contributed by atoms with van der Waals surface area (Å²) in [5.41, 5.74) is -0.706. The molecule has 9 heteroatoms. The Hall–Kier alpha value is -3.23. The van der Waals surface area contributed by atoms with Crippen molar-refractivity contribution in [3.8, 4) is 11.5 Å². The van der Waals surface area contributed by atoms with E-state index in [4.69, 9.17) is 9.47 Å². The number of halogens is 3. The topological polar surface area (TPSA) is 59.1 Å². The number of anilines is 1. The summed E-state index contributed by atoms with van der Waals surface area (Å²) >= 11 is 0.